The summed E-state index contributed by atoms with van der Waals surface area (Å²) in [7, 11) is 1.62. The molecule has 1 heterocycles. The lowest BCUT2D eigenvalue weighted by atomic mass is 9.96. The van der Waals surface area contributed by atoms with Crippen molar-refractivity contribution in [3.8, 4) is 22.9 Å². The van der Waals surface area contributed by atoms with Crippen LogP contribution in [0.5, 0.6) is 11.5 Å². The Morgan fingerprint density at radius 1 is 1.07 bits per heavy atom. The Morgan fingerprint density at radius 3 is 2.48 bits per heavy atom. The van der Waals surface area contributed by atoms with Crippen LogP contribution < -0.4 is 15.0 Å². The van der Waals surface area contributed by atoms with E-state index in [1.165, 1.54) is 23.0 Å². The molecule has 0 saturated heterocycles. The Balaban J connectivity index is 1.61. The molecule has 5 rings (SSSR count). The minimum atomic E-state index is -0.580. The van der Waals surface area contributed by atoms with Gasteiger partial charge in [0.15, 0.2) is 5.82 Å². The lowest BCUT2D eigenvalue weighted by molar-refractivity contribution is -0.385. The number of aromatic nitrogens is 2. The molecular formula is C33H28Cl2N4O5. The number of methoxy groups -OCH3 is 1. The van der Waals surface area contributed by atoms with Crippen LogP contribution in [0.4, 0.5) is 5.69 Å². The molecule has 9 nitrogen and oxygen atoms in total. The highest BCUT2D eigenvalue weighted by molar-refractivity contribution is 6.32. The lowest BCUT2D eigenvalue weighted by Crippen LogP contribution is -2.20. The number of ether oxygens (including phenoxy) is 2. The number of rotatable bonds is 9. The number of nitrogens with zero attached hydrogens (tertiary/aromatic N) is 4. The van der Waals surface area contributed by atoms with Crippen molar-refractivity contribution in [1.82, 2.24) is 9.66 Å². The Hall–Kier alpha value is -4.73. The molecule has 0 bridgehead atoms. The SMILES string of the molecule is COc1cc(C)c(-c2nc3ccccc3c(=O)n2N=Cc2cc(Cl)c(OCc3ccc(Cl)cc3)c([N+](=O)[O-])c2)cc1C(C)C. The number of nitro benzene ring substituents is 1. The minimum absolute atomic E-state index is 0.0198. The van der Waals surface area contributed by atoms with Gasteiger partial charge in [-0.2, -0.15) is 9.78 Å². The molecule has 11 heteroatoms. The van der Waals surface area contributed by atoms with E-state index in [-0.39, 0.29) is 29.0 Å². The fourth-order valence-electron chi connectivity index (χ4n) is 4.79. The van der Waals surface area contributed by atoms with Crippen LogP contribution in [0.3, 0.4) is 0 Å². The van der Waals surface area contributed by atoms with Crippen LogP contribution >= 0.6 is 23.2 Å². The molecule has 0 saturated carbocycles. The summed E-state index contributed by atoms with van der Waals surface area (Å²) in [4.78, 5) is 30.0. The number of para-hydroxylation sites is 1. The van der Waals surface area contributed by atoms with Crippen LogP contribution in [-0.4, -0.2) is 27.9 Å². The average molecular weight is 632 g/mol. The van der Waals surface area contributed by atoms with Crippen molar-refractivity contribution in [3.63, 3.8) is 0 Å². The van der Waals surface area contributed by atoms with Gasteiger partial charge in [0.1, 0.15) is 12.4 Å². The van der Waals surface area contributed by atoms with E-state index in [9.17, 15) is 14.9 Å². The van der Waals surface area contributed by atoms with Crippen LogP contribution in [0.1, 0.15) is 42.0 Å². The molecule has 0 amide bonds. The molecule has 0 atom stereocenters. The summed E-state index contributed by atoms with van der Waals surface area (Å²) in [6.45, 7) is 6.06. The van der Waals surface area contributed by atoms with Gasteiger partial charge in [-0.05, 0) is 72.0 Å². The first-order valence-corrected chi connectivity index (χ1v) is 14.4. The third-order valence-electron chi connectivity index (χ3n) is 7.06. The van der Waals surface area contributed by atoms with Gasteiger partial charge in [-0.1, -0.05) is 61.3 Å². The largest absolute Gasteiger partial charge is 0.496 e. The second-order valence-corrected chi connectivity index (χ2v) is 11.2. The van der Waals surface area contributed by atoms with E-state index in [1.54, 1.807) is 49.6 Å². The van der Waals surface area contributed by atoms with Gasteiger partial charge >= 0.3 is 5.69 Å². The van der Waals surface area contributed by atoms with E-state index in [0.717, 1.165) is 22.4 Å². The zero-order valence-electron chi connectivity index (χ0n) is 24.4. The highest BCUT2D eigenvalue weighted by atomic mass is 35.5. The van der Waals surface area contributed by atoms with Crippen molar-refractivity contribution in [2.24, 2.45) is 5.10 Å². The maximum absolute atomic E-state index is 13.8. The van der Waals surface area contributed by atoms with Crippen molar-refractivity contribution in [3.05, 3.63) is 126 Å². The highest BCUT2D eigenvalue weighted by Crippen LogP contribution is 2.37. The van der Waals surface area contributed by atoms with E-state index < -0.39 is 10.5 Å². The third-order valence-corrected chi connectivity index (χ3v) is 7.59. The smallest absolute Gasteiger partial charge is 0.313 e. The number of nitro groups is 1. The number of benzene rings is 4. The second kappa shape index (κ2) is 12.9. The summed E-state index contributed by atoms with van der Waals surface area (Å²) in [6, 6.07) is 20.6. The summed E-state index contributed by atoms with van der Waals surface area (Å²) in [5.74, 6) is 1.11. The molecule has 224 valence electrons. The normalized spacial score (nSPS) is 11.4. The van der Waals surface area contributed by atoms with E-state index in [2.05, 4.69) is 18.9 Å². The van der Waals surface area contributed by atoms with E-state index in [1.807, 2.05) is 25.1 Å². The maximum Gasteiger partial charge on any atom is 0.313 e. The predicted octanol–water partition coefficient (Wildman–Crippen LogP) is 8.18. The first-order chi connectivity index (χ1) is 21.1. The minimum Gasteiger partial charge on any atom is -0.496 e. The summed E-state index contributed by atoms with van der Waals surface area (Å²) in [5, 5.41) is 17.4. The molecule has 0 N–H and O–H groups in total. The molecule has 4 aromatic carbocycles. The molecule has 0 fully saturated rings. The van der Waals surface area contributed by atoms with E-state index in [4.69, 9.17) is 37.7 Å². The topological polar surface area (TPSA) is 109 Å². The predicted molar refractivity (Wildman–Crippen MR) is 174 cm³/mol. The molecular weight excluding hydrogens is 603 g/mol. The zero-order chi connectivity index (χ0) is 31.5. The molecule has 44 heavy (non-hydrogen) atoms. The quantitative estimate of drug-likeness (QED) is 0.0922. The van der Waals surface area contributed by atoms with Gasteiger partial charge in [-0.15, -0.1) is 0 Å². The van der Waals surface area contributed by atoms with Gasteiger partial charge < -0.3 is 9.47 Å². The molecule has 5 aromatic rings. The van der Waals surface area contributed by atoms with Gasteiger partial charge in [0.05, 0.1) is 34.2 Å². The number of hydrogen-bond acceptors (Lipinski definition) is 7. The molecule has 0 aliphatic carbocycles. The monoisotopic (exact) mass is 630 g/mol. The number of fused-ring (bicyclic) bond motifs is 1. The molecule has 0 aliphatic rings. The second-order valence-electron chi connectivity index (χ2n) is 10.4. The Morgan fingerprint density at radius 2 is 1.80 bits per heavy atom. The number of hydrogen-bond donors (Lipinski definition) is 0. The van der Waals surface area contributed by atoms with Crippen LogP contribution in [0.25, 0.3) is 22.3 Å². The summed E-state index contributed by atoms with van der Waals surface area (Å²) in [5.41, 5.74) is 3.30. The molecule has 0 spiro atoms. The molecule has 0 aliphatic heterocycles. The average Bonchev–Trinajstić information content (AvgIpc) is 3.00. The lowest BCUT2D eigenvalue weighted by Gasteiger charge is -2.17. The number of aryl methyl sites for hydroxylation is 1. The Kier molecular flexibility index (Phi) is 8.98. The third kappa shape index (κ3) is 6.29. The van der Waals surface area contributed by atoms with Gasteiger partial charge in [0.2, 0.25) is 5.75 Å². The van der Waals surface area contributed by atoms with Gasteiger partial charge in [0, 0.05) is 22.2 Å². The van der Waals surface area contributed by atoms with Crippen LogP contribution in [-0.2, 0) is 6.61 Å². The van der Waals surface area contributed by atoms with Crippen molar-refractivity contribution in [2.75, 3.05) is 7.11 Å². The first kappa shape index (κ1) is 30.7. The summed E-state index contributed by atoms with van der Waals surface area (Å²) >= 11 is 12.4. The van der Waals surface area contributed by atoms with Crippen LogP contribution in [0, 0.1) is 17.0 Å². The van der Waals surface area contributed by atoms with Crippen molar-refractivity contribution in [2.45, 2.75) is 33.3 Å². The summed E-state index contributed by atoms with van der Waals surface area (Å²) in [6.07, 6.45) is 1.34. The summed E-state index contributed by atoms with van der Waals surface area (Å²) < 4.78 is 12.5. The molecule has 0 radical (unpaired) electrons. The van der Waals surface area contributed by atoms with Gasteiger partial charge in [-0.3, -0.25) is 14.9 Å². The fourth-order valence-corrected chi connectivity index (χ4v) is 5.19. The Bertz CT molecular complexity index is 1970. The van der Waals surface area contributed by atoms with E-state index >= 15 is 0 Å². The van der Waals surface area contributed by atoms with Gasteiger partial charge in [0.25, 0.3) is 5.56 Å². The van der Waals surface area contributed by atoms with Crippen molar-refractivity contribution >= 4 is 46.0 Å². The maximum atomic E-state index is 13.8. The molecule has 1 aromatic heterocycles. The highest BCUT2D eigenvalue weighted by Gasteiger charge is 2.22. The molecule has 0 unspecified atom stereocenters. The Labute approximate surface area is 263 Å². The van der Waals surface area contributed by atoms with Crippen molar-refractivity contribution in [1.29, 1.82) is 0 Å². The number of halogens is 2. The van der Waals surface area contributed by atoms with E-state index in [0.29, 0.717) is 32.9 Å². The zero-order valence-corrected chi connectivity index (χ0v) is 25.9. The van der Waals surface area contributed by atoms with Crippen LogP contribution in [0.15, 0.2) is 82.7 Å². The van der Waals surface area contributed by atoms with Crippen LogP contribution in [0.2, 0.25) is 10.0 Å². The standard InChI is InChI=1S/C33H28Cl2N4O5/c1-19(2)25-16-26(20(3)13-30(25)43-4)32-37-28-8-6-5-7-24(28)33(40)38(32)36-17-22-14-27(35)31(29(15-22)39(41)42)44-18-21-9-11-23(34)12-10-21/h5-17,19H,18H2,1-4H3. The first-order valence-electron chi connectivity index (χ1n) is 13.7. The van der Waals surface area contributed by atoms with Gasteiger partial charge in [-0.25, -0.2) is 4.98 Å². The fraction of sp³-hybridized carbons (Fsp3) is 0.182. The van der Waals surface area contributed by atoms with Crippen molar-refractivity contribution < 1.29 is 14.4 Å².